The third kappa shape index (κ3) is 5.45. The number of hydrogen-bond acceptors (Lipinski definition) is 3. The molecule has 0 unspecified atom stereocenters. The summed E-state index contributed by atoms with van der Waals surface area (Å²) in [6, 6.07) is 9.09. The van der Waals surface area contributed by atoms with Crippen molar-refractivity contribution in [1.82, 2.24) is 5.32 Å². The maximum absolute atomic E-state index is 5.16. The maximum Gasteiger partial charge on any atom is 0.118 e. The molecule has 0 atom stereocenters. The first-order chi connectivity index (χ1) is 9.38. The second-order valence-electron chi connectivity index (χ2n) is 5.17. The van der Waals surface area contributed by atoms with E-state index in [9.17, 15) is 0 Å². The first-order valence-corrected chi connectivity index (χ1v) is 8.37. The molecule has 2 rings (SSSR count). The van der Waals surface area contributed by atoms with E-state index in [1.54, 1.807) is 7.11 Å². The second kappa shape index (κ2) is 8.49. The Labute approximate surface area is 121 Å². The van der Waals surface area contributed by atoms with Gasteiger partial charge in [0.25, 0.3) is 0 Å². The van der Waals surface area contributed by atoms with E-state index in [-0.39, 0.29) is 0 Å². The fourth-order valence-corrected chi connectivity index (χ4v) is 3.37. The van der Waals surface area contributed by atoms with E-state index in [1.165, 1.54) is 43.4 Å². The lowest BCUT2D eigenvalue weighted by Crippen LogP contribution is -2.30. The zero-order chi connectivity index (χ0) is 13.3. The van der Waals surface area contributed by atoms with Gasteiger partial charge in [-0.25, -0.2) is 0 Å². The average Bonchev–Trinajstić information content (AvgIpc) is 2.73. The van der Waals surface area contributed by atoms with Gasteiger partial charge in [0.15, 0.2) is 0 Å². The molecule has 1 aromatic carbocycles. The molecule has 0 saturated heterocycles. The molecule has 1 aromatic rings. The molecule has 0 radical (unpaired) electrons. The Bertz CT molecular complexity index is 344. The quantitative estimate of drug-likeness (QED) is 0.481. The lowest BCUT2D eigenvalue weighted by Gasteiger charge is -2.15. The Morgan fingerprint density at radius 3 is 2.42 bits per heavy atom. The molecule has 1 N–H and O–H groups in total. The summed E-state index contributed by atoms with van der Waals surface area (Å²) < 4.78 is 5.16. The van der Waals surface area contributed by atoms with Crippen molar-refractivity contribution >= 4 is 11.8 Å². The van der Waals surface area contributed by atoms with Crippen molar-refractivity contribution < 1.29 is 4.74 Å². The number of benzene rings is 1. The van der Waals surface area contributed by atoms with Crippen molar-refractivity contribution in [3.05, 3.63) is 24.3 Å². The summed E-state index contributed by atoms with van der Waals surface area (Å²) in [5, 5.41) is 3.71. The summed E-state index contributed by atoms with van der Waals surface area (Å²) in [7, 11) is 1.71. The molecule has 3 heteroatoms. The SMILES string of the molecule is COc1ccc(SCCNC2CCCCCC2)cc1. The molecule has 0 bridgehead atoms. The Morgan fingerprint density at radius 2 is 1.79 bits per heavy atom. The van der Waals surface area contributed by atoms with Crippen LogP contribution in [0.5, 0.6) is 5.75 Å². The third-order valence-electron chi connectivity index (χ3n) is 3.72. The summed E-state index contributed by atoms with van der Waals surface area (Å²) in [6.45, 7) is 1.11. The minimum Gasteiger partial charge on any atom is -0.497 e. The number of rotatable bonds is 6. The summed E-state index contributed by atoms with van der Waals surface area (Å²) in [5.41, 5.74) is 0. The van der Waals surface area contributed by atoms with Crippen molar-refractivity contribution in [3.63, 3.8) is 0 Å². The highest BCUT2D eigenvalue weighted by Gasteiger charge is 2.10. The number of hydrogen-bond donors (Lipinski definition) is 1. The van der Waals surface area contributed by atoms with Crippen molar-refractivity contribution in [2.45, 2.75) is 49.5 Å². The number of ether oxygens (including phenoxy) is 1. The van der Waals surface area contributed by atoms with Gasteiger partial charge in [-0.3, -0.25) is 0 Å². The minimum absolute atomic E-state index is 0.763. The van der Waals surface area contributed by atoms with Crippen LogP contribution in [0.3, 0.4) is 0 Å². The lowest BCUT2D eigenvalue weighted by atomic mass is 10.1. The third-order valence-corrected chi connectivity index (χ3v) is 4.73. The Morgan fingerprint density at radius 1 is 1.11 bits per heavy atom. The van der Waals surface area contributed by atoms with Gasteiger partial charge in [0, 0.05) is 23.2 Å². The van der Waals surface area contributed by atoms with Gasteiger partial charge in [0.2, 0.25) is 0 Å². The summed E-state index contributed by atoms with van der Waals surface area (Å²) in [5.74, 6) is 2.07. The highest BCUT2D eigenvalue weighted by molar-refractivity contribution is 7.99. The molecule has 1 aliphatic carbocycles. The molecular weight excluding hydrogens is 254 g/mol. The molecule has 1 aliphatic rings. The van der Waals surface area contributed by atoms with E-state index in [4.69, 9.17) is 4.74 Å². The smallest absolute Gasteiger partial charge is 0.118 e. The van der Waals surface area contributed by atoms with Crippen LogP contribution in [0.25, 0.3) is 0 Å². The molecule has 2 nitrogen and oxygen atoms in total. The van der Waals surface area contributed by atoms with Crippen LogP contribution in [-0.4, -0.2) is 25.4 Å². The molecule has 0 aliphatic heterocycles. The van der Waals surface area contributed by atoms with Crippen molar-refractivity contribution in [3.8, 4) is 5.75 Å². The second-order valence-corrected chi connectivity index (χ2v) is 6.33. The Balaban J connectivity index is 1.62. The van der Waals surface area contributed by atoms with Gasteiger partial charge < -0.3 is 10.1 Å². The van der Waals surface area contributed by atoms with E-state index in [0.717, 1.165) is 24.1 Å². The average molecular weight is 279 g/mol. The summed E-state index contributed by atoms with van der Waals surface area (Å²) in [6.07, 6.45) is 8.41. The predicted octanol–water partition coefficient (Wildman–Crippen LogP) is 4.10. The first-order valence-electron chi connectivity index (χ1n) is 7.39. The summed E-state index contributed by atoms with van der Waals surface area (Å²) >= 11 is 1.92. The van der Waals surface area contributed by atoms with E-state index in [0.29, 0.717) is 0 Å². The summed E-state index contributed by atoms with van der Waals surface area (Å²) in [4.78, 5) is 1.32. The van der Waals surface area contributed by atoms with Crippen molar-refractivity contribution in [1.29, 1.82) is 0 Å². The normalized spacial score (nSPS) is 17.1. The molecule has 1 saturated carbocycles. The fraction of sp³-hybridized carbons (Fsp3) is 0.625. The first kappa shape index (κ1) is 14.7. The molecule has 0 spiro atoms. The van der Waals surface area contributed by atoms with Gasteiger partial charge in [-0.1, -0.05) is 25.7 Å². The molecule has 0 heterocycles. The standard InChI is InChI=1S/C16H25NOS/c1-18-15-8-10-16(11-9-15)19-13-12-17-14-6-4-2-3-5-7-14/h8-11,14,17H,2-7,12-13H2,1H3. The van der Waals surface area contributed by atoms with Crippen molar-refractivity contribution in [2.75, 3.05) is 19.4 Å². The molecule has 0 aromatic heterocycles. The highest BCUT2D eigenvalue weighted by Crippen LogP contribution is 2.21. The number of nitrogens with one attached hydrogen (secondary N) is 1. The molecular formula is C16H25NOS. The topological polar surface area (TPSA) is 21.3 Å². The molecule has 0 amide bonds. The van der Waals surface area contributed by atoms with Crippen LogP contribution in [0.4, 0.5) is 0 Å². The molecule has 1 fully saturated rings. The van der Waals surface area contributed by atoms with Gasteiger partial charge in [-0.15, -0.1) is 11.8 Å². The van der Waals surface area contributed by atoms with E-state index >= 15 is 0 Å². The van der Waals surface area contributed by atoms with Crippen LogP contribution < -0.4 is 10.1 Å². The monoisotopic (exact) mass is 279 g/mol. The van der Waals surface area contributed by atoms with Gasteiger partial charge in [0.05, 0.1) is 7.11 Å². The van der Waals surface area contributed by atoms with E-state index < -0.39 is 0 Å². The zero-order valence-electron chi connectivity index (χ0n) is 11.9. The minimum atomic E-state index is 0.763. The zero-order valence-corrected chi connectivity index (χ0v) is 12.7. The number of methoxy groups -OCH3 is 1. The van der Waals surface area contributed by atoms with E-state index in [2.05, 4.69) is 17.4 Å². The van der Waals surface area contributed by atoms with Crippen LogP contribution in [-0.2, 0) is 0 Å². The maximum atomic E-state index is 5.16. The predicted molar refractivity (Wildman–Crippen MR) is 83.2 cm³/mol. The highest BCUT2D eigenvalue weighted by atomic mass is 32.2. The van der Waals surface area contributed by atoms with Crippen LogP contribution in [0, 0.1) is 0 Å². The van der Waals surface area contributed by atoms with Gasteiger partial charge in [-0.2, -0.15) is 0 Å². The lowest BCUT2D eigenvalue weighted by molar-refractivity contribution is 0.414. The van der Waals surface area contributed by atoms with Crippen LogP contribution in [0.1, 0.15) is 38.5 Å². The Hall–Kier alpha value is -0.670. The number of thioether (sulfide) groups is 1. The Kier molecular flexibility index (Phi) is 6.58. The van der Waals surface area contributed by atoms with E-state index in [1.807, 2.05) is 23.9 Å². The van der Waals surface area contributed by atoms with Crippen molar-refractivity contribution in [2.24, 2.45) is 0 Å². The van der Waals surface area contributed by atoms with Crippen LogP contribution in [0.2, 0.25) is 0 Å². The largest absolute Gasteiger partial charge is 0.497 e. The molecule has 19 heavy (non-hydrogen) atoms. The molecule has 106 valence electrons. The van der Waals surface area contributed by atoms with Crippen LogP contribution >= 0.6 is 11.8 Å². The van der Waals surface area contributed by atoms with Gasteiger partial charge in [-0.05, 0) is 37.1 Å². The van der Waals surface area contributed by atoms with Crippen LogP contribution in [0.15, 0.2) is 29.2 Å². The van der Waals surface area contributed by atoms with Gasteiger partial charge >= 0.3 is 0 Å². The van der Waals surface area contributed by atoms with Gasteiger partial charge in [0.1, 0.15) is 5.75 Å². The fourth-order valence-electron chi connectivity index (χ4n) is 2.59.